The Morgan fingerprint density at radius 3 is 2.54 bits per heavy atom. The lowest BCUT2D eigenvalue weighted by Crippen LogP contribution is -2.32. The Balaban J connectivity index is 1.71. The van der Waals surface area contributed by atoms with Gasteiger partial charge in [-0.05, 0) is 49.1 Å². The Morgan fingerprint density at radius 1 is 1.08 bits per heavy atom. The third-order valence-corrected chi connectivity index (χ3v) is 6.21. The summed E-state index contributed by atoms with van der Waals surface area (Å²) in [5, 5.41) is 2.98. The summed E-state index contributed by atoms with van der Waals surface area (Å²) in [5.41, 5.74) is 2.32. The fraction of sp³-hybridized carbons (Fsp3) is 0.350. The van der Waals surface area contributed by atoms with Crippen LogP contribution in [0.3, 0.4) is 0 Å². The van der Waals surface area contributed by atoms with E-state index >= 15 is 0 Å². The van der Waals surface area contributed by atoms with Crippen LogP contribution in [0.5, 0.6) is 0 Å². The summed E-state index contributed by atoms with van der Waals surface area (Å²) in [5.74, 6) is -0.215. The van der Waals surface area contributed by atoms with Gasteiger partial charge in [-0.3, -0.25) is 4.79 Å². The topological polar surface area (TPSA) is 75.3 Å². The molecule has 0 bridgehead atoms. The van der Waals surface area contributed by atoms with Gasteiger partial charge in [0, 0.05) is 18.2 Å². The molecule has 2 aromatic rings. The van der Waals surface area contributed by atoms with Crippen LogP contribution in [0, 0.1) is 6.92 Å². The third-order valence-electron chi connectivity index (χ3n) is 4.81. The van der Waals surface area contributed by atoms with Gasteiger partial charge in [-0.1, -0.05) is 43.2 Å². The molecule has 2 aromatic carbocycles. The van der Waals surface area contributed by atoms with Gasteiger partial charge in [0.1, 0.15) is 0 Å². The van der Waals surface area contributed by atoms with Crippen LogP contribution < -0.4 is 10.0 Å². The normalized spacial score (nSPS) is 15.1. The average Bonchev–Trinajstić information content (AvgIpc) is 3.14. The van der Waals surface area contributed by atoms with E-state index in [4.69, 9.17) is 0 Å². The molecular weight excluding hydrogens is 348 g/mol. The maximum atomic E-state index is 12.6. The lowest BCUT2D eigenvalue weighted by atomic mass is 10.1. The minimum absolute atomic E-state index is 0.102. The summed E-state index contributed by atoms with van der Waals surface area (Å²) in [4.78, 5) is 12.5. The molecule has 1 fully saturated rings. The zero-order valence-corrected chi connectivity index (χ0v) is 15.7. The molecule has 26 heavy (non-hydrogen) atoms. The number of hydrogen-bond acceptors (Lipinski definition) is 3. The second kappa shape index (κ2) is 8.01. The molecule has 6 heteroatoms. The van der Waals surface area contributed by atoms with Crippen molar-refractivity contribution >= 4 is 15.9 Å². The number of hydrogen-bond donors (Lipinski definition) is 2. The SMILES string of the molecule is Cc1ccccc1CNS(=O)(=O)c1cccc(C(=O)NC2CCCC2)c1. The summed E-state index contributed by atoms with van der Waals surface area (Å²) in [6.45, 7) is 2.16. The molecular formula is C20H24N2O3S. The lowest BCUT2D eigenvalue weighted by molar-refractivity contribution is 0.0937. The number of carbonyl (C=O) groups excluding carboxylic acids is 1. The molecule has 0 unspecified atom stereocenters. The van der Waals surface area contributed by atoms with Gasteiger partial charge in [0.25, 0.3) is 5.91 Å². The molecule has 1 aliphatic carbocycles. The maximum absolute atomic E-state index is 12.6. The summed E-state index contributed by atoms with van der Waals surface area (Å²) < 4.78 is 27.8. The minimum Gasteiger partial charge on any atom is -0.349 e. The van der Waals surface area contributed by atoms with Crippen molar-refractivity contribution in [1.82, 2.24) is 10.0 Å². The van der Waals surface area contributed by atoms with Crippen molar-refractivity contribution in [1.29, 1.82) is 0 Å². The first-order valence-corrected chi connectivity index (χ1v) is 10.4. The molecule has 138 valence electrons. The molecule has 2 N–H and O–H groups in total. The van der Waals surface area contributed by atoms with E-state index in [0.717, 1.165) is 36.8 Å². The highest BCUT2D eigenvalue weighted by Crippen LogP contribution is 2.19. The molecule has 0 atom stereocenters. The molecule has 0 heterocycles. The van der Waals surface area contributed by atoms with E-state index in [-0.39, 0.29) is 23.4 Å². The van der Waals surface area contributed by atoms with E-state index in [1.54, 1.807) is 12.1 Å². The molecule has 3 rings (SSSR count). The van der Waals surface area contributed by atoms with E-state index in [1.807, 2.05) is 31.2 Å². The highest BCUT2D eigenvalue weighted by Gasteiger charge is 2.20. The predicted octanol–water partition coefficient (Wildman–Crippen LogP) is 3.15. The van der Waals surface area contributed by atoms with Gasteiger partial charge in [0.15, 0.2) is 0 Å². The quantitative estimate of drug-likeness (QED) is 0.818. The van der Waals surface area contributed by atoms with Crippen LogP contribution >= 0.6 is 0 Å². The van der Waals surface area contributed by atoms with Crippen LogP contribution in [0.2, 0.25) is 0 Å². The monoisotopic (exact) mass is 372 g/mol. The van der Waals surface area contributed by atoms with E-state index in [0.29, 0.717) is 5.56 Å². The fourth-order valence-electron chi connectivity index (χ4n) is 3.21. The summed E-state index contributed by atoms with van der Waals surface area (Å²) in [7, 11) is -3.69. The molecule has 1 aliphatic rings. The van der Waals surface area contributed by atoms with Gasteiger partial charge >= 0.3 is 0 Å². The standard InChI is InChI=1S/C20H24N2O3S/c1-15-7-2-3-8-17(15)14-21-26(24,25)19-12-6-9-16(13-19)20(23)22-18-10-4-5-11-18/h2-3,6-9,12-13,18,21H,4-5,10-11,14H2,1H3,(H,22,23). The second-order valence-corrected chi connectivity index (χ2v) is 8.50. The number of rotatable bonds is 6. The predicted molar refractivity (Wildman–Crippen MR) is 101 cm³/mol. The number of aryl methyl sites for hydroxylation is 1. The van der Waals surface area contributed by atoms with Crippen molar-refractivity contribution in [3.8, 4) is 0 Å². The Labute approximate surface area is 154 Å². The fourth-order valence-corrected chi connectivity index (χ4v) is 4.26. The van der Waals surface area contributed by atoms with Crippen LogP contribution in [0.1, 0.15) is 47.2 Å². The lowest BCUT2D eigenvalue weighted by Gasteiger charge is -2.13. The summed E-state index contributed by atoms with van der Waals surface area (Å²) in [6.07, 6.45) is 4.23. The first-order valence-electron chi connectivity index (χ1n) is 8.91. The highest BCUT2D eigenvalue weighted by atomic mass is 32.2. The Kier molecular flexibility index (Phi) is 5.74. The van der Waals surface area contributed by atoms with E-state index in [9.17, 15) is 13.2 Å². The van der Waals surface area contributed by atoms with Gasteiger partial charge in [0.05, 0.1) is 4.90 Å². The van der Waals surface area contributed by atoms with Crippen LogP contribution in [0.25, 0.3) is 0 Å². The van der Waals surface area contributed by atoms with Crippen molar-refractivity contribution in [2.24, 2.45) is 0 Å². The van der Waals surface area contributed by atoms with Crippen LogP contribution in [0.4, 0.5) is 0 Å². The number of amides is 1. The molecule has 1 amide bonds. The van der Waals surface area contributed by atoms with Crippen LogP contribution in [0.15, 0.2) is 53.4 Å². The Morgan fingerprint density at radius 2 is 1.81 bits per heavy atom. The summed E-state index contributed by atoms with van der Waals surface area (Å²) in [6, 6.07) is 14.0. The van der Waals surface area contributed by atoms with Crippen molar-refractivity contribution in [3.63, 3.8) is 0 Å². The van der Waals surface area contributed by atoms with Gasteiger partial charge < -0.3 is 5.32 Å². The summed E-state index contributed by atoms with van der Waals surface area (Å²) >= 11 is 0. The molecule has 1 saturated carbocycles. The zero-order valence-electron chi connectivity index (χ0n) is 14.9. The van der Waals surface area contributed by atoms with Crippen molar-refractivity contribution in [2.45, 2.75) is 50.1 Å². The first kappa shape index (κ1) is 18.6. The first-order chi connectivity index (χ1) is 12.5. The average molecular weight is 372 g/mol. The Hall–Kier alpha value is -2.18. The number of nitrogens with one attached hydrogen (secondary N) is 2. The molecule has 0 aromatic heterocycles. The van der Waals surface area contributed by atoms with Gasteiger partial charge in [-0.25, -0.2) is 13.1 Å². The molecule has 0 saturated heterocycles. The highest BCUT2D eigenvalue weighted by molar-refractivity contribution is 7.89. The molecule has 0 spiro atoms. The number of sulfonamides is 1. The third kappa shape index (κ3) is 4.51. The van der Waals surface area contributed by atoms with Crippen molar-refractivity contribution < 1.29 is 13.2 Å². The second-order valence-electron chi connectivity index (χ2n) is 6.73. The van der Waals surface area contributed by atoms with Crippen LogP contribution in [-0.2, 0) is 16.6 Å². The van der Waals surface area contributed by atoms with E-state index in [1.165, 1.54) is 12.1 Å². The number of carbonyl (C=O) groups is 1. The maximum Gasteiger partial charge on any atom is 0.251 e. The van der Waals surface area contributed by atoms with Crippen molar-refractivity contribution in [2.75, 3.05) is 0 Å². The van der Waals surface area contributed by atoms with Gasteiger partial charge in [0.2, 0.25) is 10.0 Å². The van der Waals surface area contributed by atoms with Crippen molar-refractivity contribution in [3.05, 3.63) is 65.2 Å². The minimum atomic E-state index is -3.69. The van der Waals surface area contributed by atoms with E-state index < -0.39 is 10.0 Å². The van der Waals surface area contributed by atoms with E-state index in [2.05, 4.69) is 10.0 Å². The number of benzene rings is 2. The Bertz CT molecular complexity index is 887. The largest absolute Gasteiger partial charge is 0.349 e. The van der Waals surface area contributed by atoms with Gasteiger partial charge in [-0.15, -0.1) is 0 Å². The molecule has 0 radical (unpaired) electrons. The van der Waals surface area contributed by atoms with Gasteiger partial charge in [-0.2, -0.15) is 0 Å². The zero-order chi connectivity index (χ0) is 18.6. The van der Waals surface area contributed by atoms with Crippen LogP contribution in [-0.4, -0.2) is 20.4 Å². The molecule has 5 nitrogen and oxygen atoms in total. The smallest absolute Gasteiger partial charge is 0.251 e. The molecule has 0 aliphatic heterocycles.